The number of likely N-dealkylation sites (N-methyl/N-ethyl adjacent to an activating group) is 2. The van der Waals surface area contributed by atoms with Crippen molar-refractivity contribution in [2.24, 2.45) is 17.3 Å². The van der Waals surface area contributed by atoms with Crippen LogP contribution in [0.1, 0.15) is 77.5 Å². The highest BCUT2D eigenvalue weighted by molar-refractivity contribution is 5.97. The van der Waals surface area contributed by atoms with Crippen LogP contribution in [-0.2, 0) is 64.0 Å². The number of carboxylic acids is 1. The van der Waals surface area contributed by atoms with Gasteiger partial charge in [0.1, 0.15) is 29.9 Å². The van der Waals surface area contributed by atoms with Crippen molar-refractivity contribution in [1.29, 1.82) is 0 Å². The molecule has 18 heteroatoms. The number of hydrazine groups is 1. The summed E-state index contributed by atoms with van der Waals surface area (Å²) in [5, 5.41) is 14.9. The van der Waals surface area contributed by atoms with Crippen LogP contribution in [0.15, 0.2) is 73.3 Å². The smallest absolute Gasteiger partial charge is 0.415 e. The third kappa shape index (κ3) is 12.4. The fraction of sp³-hybridized carbons (Fsp3) is 0.491. The maximum Gasteiger partial charge on any atom is 0.415 e. The molecule has 4 atom stereocenters. The van der Waals surface area contributed by atoms with E-state index in [2.05, 4.69) is 66.9 Å². The van der Waals surface area contributed by atoms with Gasteiger partial charge in [0.05, 0.1) is 24.8 Å². The molecule has 2 saturated heterocycles. The number of cyclic esters (lactones) is 1. The zero-order valence-corrected chi connectivity index (χ0v) is 44.8. The average molecular weight is 1030 g/mol. The summed E-state index contributed by atoms with van der Waals surface area (Å²) in [5.74, 6) is -4.47. The first-order valence-electron chi connectivity index (χ1n) is 25.8. The van der Waals surface area contributed by atoms with E-state index in [-0.39, 0.29) is 43.7 Å². The van der Waals surface area contributed by atoms with E-state index < -0.39 is 71.3 Å². The van der Waals surface area contributed by atoms with Crippen LogP contribution in [0.5, 0.6) is 5.75 Å². The third-order valence-corrected chi connectivity index (χ3v) is 14.6. The highest BCUT2D eigenvalue weighted by Gasteiger charge is 2.45. The van der Waals surface area contributed by atoms with Crippen molar-refractivity contribution in [1.82, 2.24) is 35.0 Å². The van der Waals surface area contributed by atoms with Gasteiger partial charge >= 0.3 is 18.0 Å². The number of rotatable bonds is 14. The zero-order chi connectivity index (χ0) is 54.5. The van der Waals surface area contributed by atoms with Crippen molar-refractivity contribution in [3.63, 3.8) is 0 Å². The minimum atomic E-state index is -1.78. The van der Waals surface area contributed by atoms with E-state index in [0.29, 0.717) is 62.9 Å². The van der Waals surface area contributed by atoms with Crippen LogP contribution < -0.4 is 15.5 Å². The third-order valence-electron chi connectivity index (χ3n) is 14.6. The normalized spacial score (nSPS) is 20.2. The van der Waals surface area contributed by atoms with Gasteiger partial charge in [-0.05, 0) is 110 Å². The van der Waals surface area contributed by atoms with Crippen molar-refractivity contribution >= 4 is 52.6 Å². The van der Waals surface area contributed by atoms with Gasteiger partial charge in [0.2, 0.25) is 17.7 Å². The van der Waals surface area contributed by atoms with Crippen LogP contribution in [0.4, 0.5) is 4.79 Å². The predicted molar refractivity (Wildman–Crippen MR) is 283 cm³/mol. The molecule has 402 valence electrons. The molecule has 1 aromatic heterocycles. The highest BCUT2D eigenvalue weighted by atomic mass is 16.6. The van der Waals surface area contributed by atoms with E-state index in [1.54, 1.807) is 52.0 Å². The number of aryl methyl sites for hydroxylation is 1. The largest absolute Gasteiger partial charge is 0.480 e. The molecular formula is C57H73N7O11. The first-order valence-corrected chi connectivity index (χ1v) is 25.8. The Bertz CT molecular complexity index is 2860. The Morgan fingerprint density at radius 3 is 2.43 bits per heavy atom. The van der Waals surface area contributed by atoms with Crippen LogP contribution in [0.2, 0.25) is 0 Å². The molecule has 4 aromatic rings. The number of amides is 5. The molecule has 0 radical (unpaired) electrons. The number of methoxy groups -OCH3 is 1. The Morgan fingerprint density at radius 1 is 0.987 bits per heavy atom. The number of carbonyl (C=O) groups excluding carboxylic acids is 6. The van der Waals surface area contributed by atoms with Crippen LogP contribution in [0.3, 0.4) is 0 Å². The number of benzene rings is 3. The molecule has 75 heavy (non-hydrogen) atoms. The van der Waals surface area contributed by atoms with E-state index in [9.17, 15) is 33.9 Å². The van der Waals surface area contributed by atoms with Crippen LogP contribution in [0, 0.1) is 17.3 Å². The summed E-state index contributed by atoms with van der Waals surface area (Å²) in [6.45, 7) is 16.3. The van der Waals surface area contributed by atoms with E-state index in [0.717, 1.165) is 43.8 Å². The van der Waals surface area contributed by atoms with E-state index in [1.165, 1.54) is 23.0 Å². The van der Waals surface area contributed by atoms with Crippen LogP contribution in [-0.4, -0.2) is 149 Å². The van der Waals surface area contributed by atoms with Gasteiger partial charge in [-0.2, -0.15) is 0 Å². The van der Waals surface area contributed by atoms with Crippen molar-refractivity contribution in [2.45, 2.75) is 104 Å². The molecule has 0 spiro atoms. The van der Waals surface area contributed by atoms with Gasteiger partial charge in [0.15, 0.2) is 0 Å². The Balaban J connectivity index is 1.40. The minimum Gasteiger partial charge on any atom is -0.480 e. The van der Waals surface area contributed by atoms with Crippen LogP contribution >= 0.6 is 0 Å². The second kappa shape index (κ2) is 23.2. The molecule has 3 N–H and O–H groups in total. The minimum absolute atomic E-state index is 0.0606. The van der Waals surface area contributed by atoms with Gasteiger partial charge in [-0.3, -0.25) is 38.7 Å². The van der Waals surface area contributed by atoms with Crippen molar-refractivity contribution < 1.29 is 52.9 Å². The standard InChI is InChI=1S/C57H73N7O11/c1-11-47(65)62-24-21-39(32-62)52(69)61(9)49(35(3)4)51(68)58-57(7)30-36-26-40(28-41(27-36)75-55(72)60(8)33-48(66)67)38-19-20-46-43(29-38)44(50(63(46)12-2)42-17-14-13-16-37(42)22-25-73-10)31-56(5,6)34-74-53(70)45-18-15-23-64(59-45)54(57)71/h11,13-14,16-17,19-20,26-29,35,39,45,49,59H,1,12,15,18,21-25,30-34H2,2-10H3,(H,58,68)(H,66,67)/t39-,45-,49-,57?/m0/s1. The number of aliphatic carboxylic acids is 1. The average Bonchev–Trinajstić information content (AvgIpc) is 3.99. The Kier molecular flexibility index (Phi) is 17.3. The molecule has 3 aliphatic rings. The summed E-state index contributed by atoms with van der Waals surface area (Å²) in [7, 11) is 4.55. The number of ether oxygens (including phenoxy) is 3. The van der Waals surface area contributed by atoms with Gasteiger partial charge in [0.25, 0.3) is 5.91 Å². The molecule has 5 amide bonds. The molecule has 7 rings (SSSR count). The maximum absolute atomic E-state index is 15.3. The Labute approximate surface area is 439 Å². The molecule has 18 nitrogen and oxygen atoms in total. The monoisotopic (exact) mass is 1030 g/mol. The number of fused-ring (bicyclic) bond motifs is 6. The molecule has 1 unspecified atom stereocenters. The van der Waals surface area contributed by atoms with Gasteiger partial charge in [-0.1, -0.05) is 70.7 Å². The number of carbonyl (C=O) groups is 7. The summed E-state index contributed by atoms with van der Waals surface area (Å²) >= 11 is 0. The molecule has 0 saturated carbocycles. The number of esters is 1. The maximum atomic E-state index is 15.3. The number of nitrogens with one attached hydrogen (secondary N) is 2. The van der Waals surface area contributed by atoms with E-state index in [1.807, 2.05) is 24.3 Å². The number of likely N-dealkylation sites (tertiary alicyclic amines) is 1. The van der Waals surface area contributed by atoms with Gasteiger partial charge in [-0.25, -0.2) is 10.2 Å². The Morgan fingerprint density at radius 2 is 1.73 bits per heavy atom. The summed E-state index contributed by atoms with van der Waals surface area (Å²) in [5.41, 5.74) is 7.78. The van der Waals surface area contributed by atoms with Gasteiger partial charge < -0.3 is 39.0 Å². The second-order valence-electron chi connectivity index (χ2n) is 21.5. The molecule has 4 heterocycles. The van der Waals surface area contributed by atoms with E-state index in [4.69, 9.17) is 14.2 Å². The first-order chi connectivity index (χ1) is 35.6. The quantitative estimate of drug-likeness (QED) is 0.0946. The summed E-state index contributed by atoms with van der Waals surface area (Å²) in [6.07, 6.45) is 2.52. The summed E-state index contributed by atoms with van der Waals surface area (Å²) < 4.78 is 19.9. The molecular weight excluding hydrogens is 959 g/mol. The number of nitrogens with zero attached hydrogens (tertiary/aromatic N) is 5. The van der Waals surface area contributed by atoms with Gasteiger partial charge in [0, 0.05) is 75.7 Å². The molecule has 0 aliphatic carbocycles. The lowest BCUT2D eigenvalue weighted by Gasteiger charge is -2.41. The highest BCUT2D eigenvalue weighted by Crippen LogP contribution is 2.42. The van der Waals surface area contributed by atoms with E-state index >= 15 is 4.79 Å². The van der Waals surface area contributed by atoms with Crippen molar-refractivity contribution in [3.8, 4) is 28.1 Å². The number of carboxylic acid groups (broad SMARTS) is 1. The van der Waals surface area contributed by atoms with Crippen molar-refractivity contribution in [2.75, 3.05) is 60.6 Å². The molecule has 3 aliphatic heterocycles. The topological polar surface area (TPSA) is 209 Å². The summed E-state index contributed by atoms with van der Waals surface area (Å²) in [6, 6.07) is 17.6. The molecule has 6 bridgehead atoms. The lowest BCUT2D eigenvalue weighted by Crippen LogP contribution is -2.67. The number of hydrogen-bond acceptors (Lipinski definition) is 11. The second-order valence-corrected chi connectivity index (χ2v) is 21.5. The lowest BCUT2D eigenvalue weighted by atomic mass is 9.83. The predicted octanol–water partition coefficient (Wildman–Crippen LogP) is 6.26. The first kappa shape index (κ1) is 55.7. The van der Waals surface area contributed by atoms with Crippen molar-refractivity contribution in [3.05, 3.63) is 90.0 Å². The lowest BCUT2D eigenvalue weighted by molar-refractivity contribution is -0.157. The fourth-order valence-corrected chi connectivity index (χ4v) is 10.9. The van der Waals surface area contributed by atoms with Gasteiger partial charge in [-0.15, -0.1) is 0 Å². The number of aromatic nitrogens is 1. The SMILES string of the molecule is C=CC(=O)N1CC[C@H](C(=O)N(C)[C@H](C(=O)NC2(C)Cc3cc(OC(=O)N(C)CC(=O)O)cc(c3)-c3ccc4c(c3)c(c(-c3ccccc3CCOC)n4CC)CC(C)(C)COC(=O)[C@@H]3CCCN(N3)C2=O)C(C)C)C1. The zero-order valence-electron chi connectivity index (χ0n) is 44.8. The molecule has 3 aromatic carbocycles. The van der Waals surface area contributed by atoms with Crippen LogP contribution in [0.25, 0.3) is 33.3 Å². The Hall–Kier alpha value is -7.05. The fourth-order valence-electron chi connectivity index (χ4n) is 10.9. The molecule has 2 fully saturated rings. The number of hydrogen-bond donors (Lipinski definition) is 3. The summed E-state index contributed by atoms with van der Waals surface area (Å²) in [4.78, 5) is 100.